The molecular weight excluding hydrogens is 699 g/mol. The molecule has 0 spiro atoms. The van der Waals surface area contributed by atoms with Crippen LogP contribution in [0.5, 0.6) is 0 Å². The molecule has 11 heteroatoms. The minimum Gasteiger partial charge on any atom is -0.388 e. The Morgan fingerprint density at radius 3 is 1.05 bits per heavy atom. The molecule has 0 aromatic rings. The van der Waals surface area contributed by atoms with Crippen molar-refractivity contribution < 1.29 is 9.59 Å². The quantitative estimate of drug-likeness (QED) is 0.0483. The first-order valence-corrected chi connectivity index (χ1v) is 21.2. The molecule has 11 nitrogen and oxygen atoms in total. The molecule has 10 N–H and O–H groups in total. The number of amidine groups is 1. The SMILES string of the molecule is CC(N)=NCCCC(N)C(=O)CC(C)(C)C(C)(C)C(C)(C)N1C(C)(C)C(C)(C)N(C(C)(C)C(C)(C)C(C)(C)CC(=O)C(N)CCCN=C(N)N)C(C)(C)C1(C)C. The summed E-state index contributed by atoms with van der Waals surface area (Å²) in [5, 5.41) is 0. The molecule has 2 unspecified atom stereocenters. The number of Topliss-reactive ketones (excluding diaryl/α,β-unsaturated/α-hetero) is 2. The minimum atomic E-state index is -0.571. The standard InChI is InChI=1S/C45H91N9O2/c1-30(46)51-26-22-24-31(47)33(55)28-36(2,3)38(6,7)40(10,11)53-42(14,15)44(18,19)54(45(20,21)43(53,16)17)41(12,13)39(8,9)37(4,5)29-34(56)32(48)25-23-27-52-35(49)50/h31-32H,22-29,47-48H2,1-21H3,(H2,46,51)(H4,49,50,52). The second kappa shape index (κ2) is 16.9. The van der Waals surface area contributed by atoms with Gasteiger partial charge in [-0.2, -0.15) is 0 Å². The number of rotatable bonds is 20. The Bertz CT molecular complexity index is 1300. The lowest BCUT2D eigenvalue weighted by Gasteiger charge is -2.80. The Morgan fingerprint density at radius 1 is 0.536 bits per heavy atom. The zero-order valence-electron chi connectivity index (χ0n) is 40.3. The number of guanidine groups is 1. The van der Waals surface area contributed by atoms with Crippen LogP contribution in [0, 0.1) is 21.7 Å². The average Bonchev–Trinajstić information content (AvgIpc) is 2.98. The first-order chi connectivity index (χ1) is 24.7. The van der Waals surface area contributed by atoms with Crippen LogP contribution in [0.1, 0.15) is 184 Å². The molecule has 0 aliphatic carbocycles. The van der Waals surface area contributed by atoms with Crippen molar-refractivity contribution in [1.29, 1.82) is 0 Å². The van der Waals surface area contributed by atoms with Crippen molar-refractivity contribution >= 4 is 23.4 Å². The molecule has 328 valence electrons. The van der Waals surface area contributed by atoms with E-state index in [1.807, 2.05) is 0 Å². The van der Waals surface area contributed by atoms with Crippen molar-refractivity contribution in [3.8, 4) is 0 Å². The highest BCUT2D eigenvalue weighted by atomic mass is 16.1. The van der Waals surface area contributed by atoms with E-state index in [1.165, 1.54) is 0 Å². The molecule has 1 aliphatic rings. The molecule has 1 saturated heterocycles. The number of nitrogens with zero attached hydrogens (tertiary/aromatic N) is 4. The number of aliphatic imine (C=N–C) groups is 2. The summed E-state index contributed by atoms with van der Waals surface area (Å²) in [4.78, 5) is 41.4. The largest absolute Gasteiger partial charge is 0.388 e. The summed E-state index contributed by atoms with van der Waals surface area (Å²) >= 11 is 0. The first kappa shape index (κ1) is 51.9. The highest BCUT2D eigenvalue weighted by Gasteiger charge is 2.72. The van der Waals surface area contributed by atoms with Gasteiger partial charge in [0.05, 0.1) is 17.9 Å². The molecule has 0 amide bonds. The number of hydrogen-bond donors (Lipinski definition) is 5. The fourth-order valence-corrected chi connectivity index (χ4v) is 10.5. The maximum atomic E-state index is 13.8. The Balaban J connectivity index is 3.71. The van der Waals surface area contributed by atoms with Crippen molar-refractivity contribution in [2.24, 2.45) is 60.3 Å². The molecule has 1 aliphatic heterocycles. The minimum absolute atomic E-state index is 0.0494. The number of carbonyl (C=O) groups excluding carboxylic acids is 2. The van der Waals surface area contributed by atoms with Crippen LogP contribution in [0.4, 0.5) is 0 Å². The molecule has 0 aromatic heterocycles. The van der Waals surface area contributed by atoms with Gasteiger partial charge >= 0.3 is 0 Å². The van der Waals surface area contributed by atoms with E-state index in [9.17, 15) is 9.59 Å². The van der Waals surface area contributed by atoms with E-state index in [1.54, 1.807) is 6.92 Å². The lowest BCUT2D eigenvalue weighted by molar-refractivity contribution is -0.299. The average molecular weight is 790 g/mol. The van der Waals surface area contributed by atoms with Gasteiger partial charge in [0.15, 0.2) is 5.96 Å². The summed E-state index contributed by atoms with van der Waals surface area (Å²) in [6.07, 6.45) is 3.24. The lowest BCUT2D eigenvalue weighted by atomic mass is 9.50. The van der Waals surface area contributed by atoms with Crippen LogP contribution in [-0.2, 0) is 9.59 Å². The van der Waals surface area contributed by atoms with Gasteiger partial charge in [0, 0.05) is 59.2 Å². The molecule has 0 radical (unpaired) electrons. The van der Waals surface area contributed by atoms with Crippen molar-refractivity contribution in [2.75, 3.05) is 13.1 Å². The molecule has 0 saturated carbocycles. The van der Waals surface area contributed by atoms with Crippen LogP contribution >= 0.6 is 0 Å². The molecule has 0 bridgehead atoms. The van der Waals surface area contributed by atoms with Crippen LogP contribution in [-0.4, -0.2) is 91.6 Å². The molecule has 1 fully saturated rings. The van der Waals surface area contributed by atoms with Gasteiger partial charge in [-0.05, 0) is 137 Å². The van der Waals surface area contributed by atoms with Gasteiger partial charge in [0.2, 0.25) is 0 Å². The van der Waals surface area contributed by atoms with Gasteiger partial charge in [0.1, 0.15) is 11.6 Å². The highest BCUT2D eigenvalue weighted by molar-refractivity contribution is 5.85. The Kier molecular flexibility index (Phi) is 15.7. The van der Waals surface area contributed by atoms with Gasteiger partial charge in [-0.3, -0.25) is 29.4 Å². The zero-order valence-corrected chi connectivity index (χ0v) is 40.3. The van der Waals surface area contributed by atoms with Crippen LogP contribution in [0.3, 0.4) is 0 Å². The lowest BCUT2D eigenvalue weighted by Crippen LogP contribution is -2.91. The predicted molar refractivity (Wildman–Crippen MR) is 240 cm³/mol. The second-order valence-corrected chi connectivity index (χ2v) is 22.7. The molecular formula is C45H91N9O2. The topological polar surface area (TPSA) is 195 Å². The van der Waals surface area contributed by atoms with E-state index < -0.39 is 34.0 Å². The van der Waals surface area contributed by atoms with Crippen molar-refractivity contribution in [1.82, 2.24) is 9.80 Å². The van der Waals surface area contributed by atoms with E-state index in [-0.39, 0.29) is 50.5 Å². The summed E-state index contributed by atoms with van der Waals surface area (Å²) in [6.45, 7) is 49.7. The van der Waals surface area contributed by atoms with Crippen molar-refractivity contribution in [2.45, 2.75) is 229 Å². The number of ketones is 2. The highest BCUT2D eigenvalue weighted by Crippen LogP contribution is 2.64. The zero-order chi connectivity index (χ0) is 44.7. The predicted octanol–water partition coefficient (Wildman–Crippen LogP) is 7.16. The number of nitrogens with two attached hydrogens (primary N) is 5. The van der Waals surface area contributed by atoms with Gasteiger partial charge < -0.3 is 28.7 Å². The van der Waals surface area contributed by atoms with Gasteiger partial charge in [-0.1, -0.05) is 55.4 Å². The molecule has 1 rings (SSSR count). The molecule has 0 aromatic carbocycles. The van der Waals surface area contributed by atoms with Crippen molar-refractivity contribution in [3.63, 3.8) is 0 Å². The van der Waals surface area contributed by atoms with E-state index in [4.69, 9.17) is 28.7 Å². The third-order valence-corrected chi connectivity index (χ3v) is 16.9. The van der Waals surface area contributed by atoms with Gasteiger partial charge in [-0.15, -0.1) is 0 Å². The third-order valence-electron chi connectivity index (χ3n) is 16.9. The van der Waals surface area contributed by atoms with E-state index >= 15 is 0 Å². The first-order valence-electron chi connectivity index (χ1n) is 21.2. The van der Waals surface area contributed by atoms with Gasteiger partial charge in [-0.25, -0.2) is 0 Å². The fourth-order valence-electron chi connectivity index (χ4n) is 10.5. The molecule has 1 heterocycles. The molecule has 2 atom stereocenters. The number of piperazine rings is 1. The monoisotopic (exact) mass is 790 g/mol. The van der Waals surface area contributed by atoms with Crippen molar-refractivity contribution in [3.05, 3.63) is 0 Å². The fraction of sp³-hybridized carbons (Fsp3) is 0.911. The maximum Gasteiger partial charge on any atom is 0.185 e. The third kappa shape index (κ3) is 9.36. The van der Waals surface area contributed by atoms with Crippen LogP contribution in [0.2, 0.25) is 0 Å². The summed E-state index contributed by atoms with van der Waals surface area (Å²) < 4.78 is 0. The summed E-state index contributed by atoms with van der Waals surface area (Å²) in [7, 11) is 0. The Labute approximate surface area is 344 Å². The Morgan fingerprint density at radius 2 is 0.804 bits per heavy atom. The molecule has 56 heavy (non-hydrogen) atoms. The summed E-state index contributed by atoms with van der Waals surface area (Å²) in [5.74, 6) is 0.751. The summed E-state index contributed by atoms with van der Waals surface area (Å²) in [6, 6.07) is -1.11. The maximum absolute atomic E-state index is 13.8. The normalized spacial score (nSPS) is 21.0. The van der Waals surface area contributed by atoms with E-state index in [2.05, 4.69) is 158 Å². The van der Waals surface area contributed by atoms with Crippen LogP contribution in [0.15, 0.2) is 9.98 Å². The van der Waals surface area contributed by atoms with Crippen LogP contribution in [0.25, 0.3) is 0 Å². The second-order valence-electron chi connectivity index (χ2n) is 22.7. The number of hydrogen-bond acceptors (Lipinski definition) is 8. The Hall–Kier alpha value is -2.08. The number of carbonyl (C=O) groups is 2. The van der Waals surface area contributed by atoms with Crippen LogP contribution < -0.4 is 28.7 Å². The van der Waals surface area contributed by atoms with E-state index in [0.29, 0.717) is 51.0 Å². The van der Waals surface area contributed by atoms with E-state index in [0.717, 1.165) is 6.42 Å². The smallest absolute Gasteiger partial charge is 0.185 e. The van der Waals surface area contributed by atoms with Gasteiger partial charge in [0.25, 0.3) is 0 Å². The summed E-state index contributed by atoms with van der Waals surface area (Å²) in [5.41, 5.74) is 25.8.